The van der Waals surface area contributed by atoms with Crippen molar-refractivity contribution in [3.8, 4) is 11.8 Å². The minimum absolute atomic E-state index is 0.333. The summed E-state index contributed by atoms with van der Waals surface area (Å²) in [7, 11) is 0. The van der Waals surface area contributed by atoms with E-state index in [0.717, 1.165) is 0 Å². The van der Waals surface area contributed by atoms with Gasteiger partial charge in [-0.15, -0.1) is 0 Å². The molecule has 0 aliphatic heterocycles. The van der Waals surface area contributed by atoms with Gasteiger partial charge >= 0.3 is 0 Å². The highest BCUT2D eigenvalue weighted by molar-refractivity contribution is 6.42. The minimum atomic E-state index is -0.733. The zero-order chi connectivity index (χ0) is 16.1. The van der Waals surface area contributed by atoms with Crippen molar-refractivity contribution in [2.24, 2.45) is 0 Å². The molecule has 2 rings (SSSR count). The molecule has 2 aromatic rings. The first-order valence-electron chi connectivity index (χ1n) is 6.42. The largest absolute Gasteiger partial charge is 0.481 e. The van der Waals surface area contributed by atoms with Gasteiger partial charge in [-0.25, -0.2) is 0 Å². The maximum atomic E-state index is 12.1. The van der Waals surface area contributed by atoms with Gasteiger partial charge in [0.25, 0.3) is 5.91 Å². The molecule has 1 amide bonds. The van der Waals surface area contributed by atoms with Crippen LogP contribution in [0.3, 0.4) is 0 Å². The molecule has 2 aromatic carbocycles. The van der Waals surface area contributed by atoms with Crippen molar-refractivity contribution in [3.05, 3.63) is 58.1 Å². The third-order valence-electron chi connectivity index (χ3n) is 2.83. The van der Waals surface area contributed by atoms with Crippen LogP contribution in [0.25, 0.3) is 0 Å². The quantitative estimate of drug-likeness (QED) is 0.907. The van der Waals surface area contributed by atoms with Crippen molar-refractivity contribution in [3.63, 3.8) is 0 Å². The molecule has 112 valence electrons. The lowest BCUT2D eigenvalue weighted by atomic mass is 10.2. The Bertz CT molecular complexity index is 741. The second-order valence-corrected chi connectivity index (χ2v) is 5.33. The number of carbonyl (C=O) groups excluding carboxylic acids is 1. The van der Waals surface area contributed by atoms with Crippen molar-refractivity contribution in [1.82, 2.24) is 0 Å². The van der Waals surface area contributed by atoms with Crippen LogP contribution in [0.15, 0.2) is 42.5 Å². The Morgan fingerprint density at radius 2 is 2.00 bits per heavy atom. The lowest BCUT2D eigenvalue weighted by Crippen LogP contribution is -2.30. The van der Waals surface area contributed by atoms with Crippen molar-refractivity contribution in [2.45, 2.75) is 13.0 Å². The SMILES string of the molecule is CC(Oc1cccc(C#N)c1)C(=O)Nc1ccc(Cl)c(Cl)c1. The average molecular weight is 335 g/mol. The average Bonchev–Trinajstić information content (AvgIpc) is 2.51. The Labute approximate surface area is 138 Å². The van der Waals surface area contributed by atoms with E-state index in [4.69, 9.17) is 33.2 Å². The monoisotopic (exact) mass is 334 g/mol. The number of benzene rings is 2. The number of rotatable bonds is 4. The second-order valence-electron chi connectivity index (χ2n) is 4.52. The molecule has 0 aromatic heterocycles. The summed E-state index contributed by atoms with van der Waals surface area (Å²) in [6.07, 6.45) is -0.733. The van der Waals surface area contributed by atoms with E-state index < -0.39 is 6.10 Å². The van der Waals surface area contributed by atoms with Crippen molar-refractivity contribution in [2.75, 3.05) is 5.32 Å². The van der Waals surface area contributed by atoms with Crippen LogP contribution in [0.1, 0.15) is 12.5 Å². The van der Waals surface area contributed by atoms with Gasteiger partial charge in [0.2, 0.25) is 0 Å². The first-order chi connectivity index (χ1) is 10.5. The maximum Gasteiger partial charge on any atom is 0.265 e. The summed E-state index contributed by atoms with van der Waals surface area (Å²) in [5.74, 6) is 0.122. The molecule has 0 heterocycles. The molecule has 0 saturated heterocycles. The summed E-state index contributed by atoms with van der Waals surface area (Å²) in [5.41, 5.74) is 0.996. The molecule has 0 spiro atoms. The van der Waals surface area contributed by atoms with Crippen molar-refractivity contribution in [1.29, 1.82) is 5.26 Å². The third kappa shape index (κ3) is 4.14. The third-order valence-corrected chi connectivity index (χ3v) is 3.57. The zero-order valence-electron chi connectivity index (χ0n) is 11.6. The molecule has 0 aliphatic carbocycles. The van der Waals surface area contributed by atoms with Gasteiger partial charge in [0.05, 0.1) is 21.7 Å². The smallest absolute Gasteiger partial charge is 0.265 e. The number of nitrogens with zero attached hydrogens (tertiary/aromatic N) is 1. The number of amides is 1. The summed E-state index contributed by atoms with van der Waals surface area (Å²) in [6.45, 7) is 1.62. The maximum absolute atomic E-state index is 12.1. The molecule has 22 heavy (non-hydrogen) atoms. The highest BCUT2D eigenvalue weighted by Crippen LogP contribution is 2.25. The Kier molecular flexibility index (Phi) is 5.26. The highest BCUT2D eigenvalue weighted by atomic mass is 35.5. The summed E-state index contributed by atoms with van der Waals surface area (Å²) in [4.78, 5) is 12.1. The van der Waals surface area contributed by atoms with Gasteiger partial charge < -0.3 is 10.1 Å². The number of halogens is 2. The van der Waals surface area contributed by atoms with Crippen LogP contribution < -0.4 is 10.1 Å². The van der Waals surface area contributed by atoms with E-state index in [-0.39, 0.29) is 5.91 Å². The van der Waals surface area contributed by atoms with Gasteiger partial charge in [0.15, 0.2) is 6.10 Å². The summed E-state index contributed by atoms with van der Waals surface area (Å²) >= 11 is 11.7. The van der Waals surface area contributed by atoms with Crippen LogP contribution in [0.4, 0.5) is 5.69 Å². The fourth-order valence-electron chi connectivity index (χ4n) is 1.71. The molecule has 0 bridgehead atoms. The first kappa shape index (κ1) is 16.2. The van der Waals surface area contributed by atoms with Crippen LogP contribution in [-0.4, -0.2) is 12.0 Å². The number of hydrogen-bond donors (Lipinski definition) is 1. The predicted octanol–water partition coefficient (Wildman–Crippen LogP) is 4.27. The fourth-order valence-corrected chi connectivity index (χ4v) is 2.01. The van der Waals surface area contributed by atoms with Gasteiger partial charge in [0.1, 0.15) is 5.75 Å². The van der Waals surface area contributed by atoms with E-state index in [9.17, 15) is 4.79 Å². The second kappa shape index (κ2) is 7.17. The molecule has 0 aliphatic rings. The van der Waals surface area contributed by atoms with Gasteiger partial charge in [-0.05, 0) is 43.3 Å². The van der Waals surface area contributed by atoms with Gasteiger partial charge in [-0.3, -0.25) is 4.79 Å². The van der Waals surface area contributed by atoms with Crippen LogP contribution in [-0.2, 0) is 4.79 Å². The van der Waals surface area contributed by atoms with Crippen LogP contribution in [0, 0.1) is 11.3 Å². The molecule has 1 N–H and O–H groups in total. The number of hydrogen-bond acceptors (Lipinski definition) is 3. The van der Waals surface area contributed by atoms with Crippen LogP contribution in [0.5, 0.6) is 5.75 Å². The van der Waals surface area contributed by atoms with Gasteiger partial charge in [-0.2, -0.15) is 5.26 Å². The summed E-state index contributed by atoms with van der Waals surface area (Å²) < 4.78 is 5.52. The lowest BCUT2D eigenvalue weighted by Gasteiger charge is -2.15. The molecule has 0 saturated carbocycles. The minimum Gasteiger partial charge on any atom is -0.481 e. The number of nitrogens with one attached hydrogen (secondary N) is 1. The van der Waals surface area contributed by atoms with Crippen molar-refractivity contribution < 1.29 is 9.53 Å². The molecular weight excluding hydrogens is 323 g/mol. The van der Waals surface area contributed by atoms with Gasteiger partial charge in [-0.1, -0.05) is 29.3 Å². The summed E-state index contributed by atoms with van der Waals surface area (Å²) in [5, 5.41) is 12.3. The molecule has 1 atom stereocenters. The van der Waals surface area contributed by atoms with E-state index in [0.29, 0.717) is 27.0 Å². The van der Waals surface area contributed by atoms with E-state index in [1.807, 2.05) is 6.07 Å². The lowest BCUT2D eigenvalue weighted by molar-refractivity contribution is -0.122. The van der Waals surface area contributed by atoms with E-state index in [1.54, 1.807) is 49.4 Å². The van der Waals surface area contributed by atoms with Crippen LogP contribution in [0.2, 0.25) is 10.0 Å². The highest BCUT2D eigenvalue weighted by Gasteiger charge is 2.15. The molecule has 0 fully saturated rings. The molecule has 1 unspecified atom stereocenters. The molecule has 4 nitrogen and oxygen atoms in total. The molecule has 0 radical (unpaired) electrons. The standard InChI is InChI=1S/C16H12Cl2N2O2/c1-10(22-13-4-2-3-11(7-13)9-19)16(21)20-12-5-6-14(17)15(18)8-12/h2-8,10H,1H3,(H,20,21). The normalized spacial score (nSPS) is 11.4. The number of carbonyl (C=O) groups is 1. The molecular formula is C16H12Cl2N2O2. The molecule has 6 heteroatoms. The van der Waals surface area contributed by atoms with Gasteiger partial charge in [0, 0.05) is 5.69 Å². The zero-order valence-corrected chi connectivity index (χ0v) is 13.2. The Morgan fingerprint density at radius 1 is 1.23 bits per heavy atom. The first-order valence-corrected chi connectivity index (χ1v) is 7.18. The van der Waals surface area contributed by atoms with E-state index >= 15 is 0 Å². The Morgan fingerprint density at radius 3 is 2.68 bits per heavy atom. The Balaban J connectivity index is 2.02. The topological polar surface area (TPSA) is 62.1 Å². The number of nitriles is 1. The van der Waals surface area contributed by atoms with Crippen LogP contribution >= 0.6 is 23.2 Å². The fraction of sp³-hybridized carbons (Fsp3) is 0.125. The van der Waals surface area contributed by atoms with E-state index in [2.05, 4.69) is 5.32 Å². The summed E-state index contributed by atoms with van der Waals surface area (Å²) in [6, 6.07) is 13.4. The Hall–Kier alpha value is -2.22. The van der Waals surface area contributed by atoms with Crippen molar-refractivity contribution >= 4 is 34.8 Å². The number of anilines is 1. The predicted molar refractivity (Wildman–Crippen MR) is 86.3 cm³/mol. The number of ether oxygens (including phenoxy) is 1. The van der Waals surface area contributed by atoms with E-state index in [1.165, 1.54) is 0 Å².